The van der Waals surface area contributed by atoms with Gasteiger partial charge in [0.05, 0.1) is 5.56 Å². The Labute approximate surface area is 211 Å². The number of aromatic nitrogens is 2. The molecule has 1 saturated heterocycles. The van der Waals surface area contributed by atoms with Crippen molar-refractivity contribution in [1.82, 2.24) is 14.9 Å². The molecule has 4 rings (SSSR count). The van der Waals surface area contributed by atoms with E-state index in [1.54, 1.807) is 35.5 Å². The van der Waals surface area contributed by atoms with Crippen molar-refractivity contribution in [3.05, 3.63) is 83.7 Å². The Balaban J connectivity index is 1.20. The Morgan fingerprint density at radius 2 is 1.53 bits per heavy atom. The van der Waals surface area contributed by atoms with Crippen LogP contribution >= 0.6 is 0 Å². The van der Waals surface area contributed by atoms with Gasteiger partial charge in [-0.05, 0) is 46.9 Å². The van der Waals surface area contributed by atoms with Crippen LogP contribution < -0.4 is 9.64 Å². The zero-order valence-electron chi connectivity index (χ0n) is 21.0. The predicted molar refractivity (Wildman–Crippen MR) is 137 cm³/mol. The fourth-order valence-corrected chi connectivity index (χ4v) is 3.87. The predicted octanol–water partition coefficient (Wildman–Crippen LogP) is 3.86. The third-order valence-electron chi connectivity index (χ3n) is 6.11. The number of amides is 1. The first kappa shape index (κ1) is 25.2. The number of piperazine rings is 1. The minimum atomic E-state index is -0.523. The molecule has 0 radical (unpaired) electrons. The minimum Gasteiger partial charge on any atom is -0.489 e. The van der Waals surface area contributed by atoms with Gasteiger partial charge in [0.15, 0.2) is 6.61 Å². The molecule has 8 nitrogen and oxygen atoms in total. The zero-order valence-corrected chi connectivity index (χ0v) is 21.0. The topological polar surface area (TPSA) is 84.9 Å². The number of nitrogens with zero attached hydrogens (tertiary/aromatic N) is 4. The van der Waals surface area contributed by atoms with Crippen LogP contribution in [0.15, 0.2) is 67.0 Å². The van der Waals surface area contributed by atoms with Crippen molar-refractivity contribution in [2.45, 2.75) is 32.8 Å². The van der Waals surface area contributed by atoms with Crippen LogP contribution in [0.5, 0.6) is 5.75 Å². The Kier molecular flexibility index (Phi) is 7.83. The summed E-state index contributed by atoms with van der Waals surface area (Å²) in [6.45, 7) is 8.96. The van der Waals surface area contributed by atoms with Crippen molar-refractivity contribution in [2.75, 3.05) is 37.7 Å². The van der Waals surface area contributed by atoms with E-state index in [4.69, 9.17) is 9.47 Å². The number of rotatable bonds is 7. The van der Waals surface area contributed by atoms with Gasteiger partial charge in [-0.25, -0.2) is 14.8 Å². The van der Waals surface area contributed by atoms with Gasteiger partial charge in [0.25, 0.3) is 5.91 Å². The van der Waals surface area contributed by atoms with E-state index < -0.39 is 5.97 Å². The summed E-state index contributed by atoms with van der Waals surface area (Å²) in [7, 11) is 0. The monoisotopic (exact) mass is 488 g/mol. The van der Waals surface area contributed by atoms with Gasteiger partial charge in [-0.2, -0.15) is 0 Å². The number of benzene rings is 2. The van der Waals surface area contributed by atoms with E-state index in [9.17, 15) is 9.59 Å². The van der Waals surface area contributed by atoms with E-state index in [0.717, 1.165) is 11.3 Å². The lowest BCUT2D eigenvalue weighted by molar-refractivity contribution is -0.134. The summed E-state index contributed by atoms with van der Waals surface area (Å²) in [5.41, 5.74) is 2.68. The second kappa shape index (κ2) is 11.2. The van der Waals surface area contributed by atoms with E-state index in [1.807, 2.05) is 29.2 Å². The second-order valence-electron chi connectivity index (χ2n) is 9.75. The first-order valence-electron chi connectivity index (χ1n) is 12.1. The molecule has 0 N–H and O–H groups in total. The van der Waals surface area contributed by atoms with Gasteiger partial charge >= 0.3 is 5.97 Å². The SMILES string of the molecule is CC(C)(C)c1ccc(OCc2ccc(C(=O)OCC(=O)N3CCN(c4ncccn4)CC3)cc2)cc1. The maximum atomic E-state index is 12.5. The zero-order chi connectivity index (χ0) is 25.5. The average molecular weight is 489 g/mol. The second-order valence-corrected chi connectivity index (χ2v) is 9.75. The van der Waals surface area contributed by atoms with Crippen molar-refractivity contribution in [2.24, 2.45) is 0 Å². The molecule has 0 unspecified atom stereocenters. The van der Waals surface area contributed by atoms with Crippen LogP contribution in [0.25, 0.3) is 0 Å². The third kappa shape index (κ3) is 6.59. The highest BCUT2D eigenvalue weighted by Gasteiger charge is 2.23. The van der Waals surface area contributed by atoms with Crippen LogP contribution in [-0.2, 0) is 21.6 Å². The largest absolute Gasteiger partial charge is 0.489 e. The van der Waals surface area contributed by atoms with Gasteiger partial charge in [0.1, 0.15) is 12.4 Å². The molecule has 1 aliphatic rings. The van der Waals surface area contributed by atoms with Gasteiger partial charge in [0.2, 0.25) is 5.95 Å². The molecule has 0 aliphatic carbocycles. The van der Waals surface area contributed by atoms with Crippen molar-refractivity contribution in [1.29, 1.82) is 0 Å². The van der Waals surface area contributed by atoms with Crippen LogP contribution in [0.4, 0.5) is 5.95 Å². The van der Waals surface area contributed by atoms with Crippen LogP contribution in [-0.4, -0.2) is 59.5 Å². The van der Waals surface area contributed by atoms with Crippen LogP contribution in [0.3, 0.4) is 0 Å². The molecule has 36 heavy (non-hydrogen) atoms. The molecular formula is C28H32N4O4. The molecule has 1 aromatic heterocycles. The Morgan fingerprint density at radius 1 is 0.889 bits per heavy atom. The molecule has 0 saturated carbocycles. The molecule has 0 bridgehead atoms. The van der Waals surface area contributed by atoms with Gasteiger partial charge in [-0.3, -0.25) is 4.79 Å². The summed E-state index contributed by atoms with van der Waals surface area (Å²) in [6, 6.07) is 16.9. The minimum absolute atomic E-state index is 0.0976. The molecule has 3 aromatic rings. The summed E-state index contributed by atoms with van der Waals surface area (Å²) in [5, 5.41) is 0. The van der Waals surface area contributed by atoms with Gasteiger partial charge in [-0.1, -0.05) is 45.0 Å². The molecule has 1 aliphatic heterocycles. The van der Waals surface area contributed by atoms with E-state index in [2.05, 4.69) is 42.9 Å². The van der Waals surface area contributed by atoms with E-state index in [-0.39, 0.29) is 17.9 Å². The molecule has 2 heterocycles. The lowest BCUT2D eigenvalue weighted by atomic mass is 9.87. The standard InChI is InChI=1S/C28H32N4O4/c1-28(2,3)23-9-11-24(12-10-23)35-19-21-5-7-22(8-6-21)26(34)36-20-25(33)31-15-17-32(18-16-31)27-29-13-4-14-30-27/h4-14H,15-20H2,1-3H3. The first-order valence-corrected chi connectivity index (χ1v) is 12.1. The highest BCUT2D eigenvalue weighted by Crippen LogP contribution is 2.24. The molecule has 1 amide bonds. The lowest BCUT2D eigenvalue weighted by Crippen LogP contribution is -2.50. The van der Waals surface area contributed by atoms with Crippen molar-refractivity contribution >= 4 is 17.8 Å². The Morgan fingerprint density at radius 3 is 2.14 bits per heavy atom. The molecule has 0 spiro atoms. The number of hydrogen-bond acceptors (Lipinski definition) is 7. The maximum Gasteiger partial charge on any atom is 0.338 e. The van der Waals surface area contributed by atoms with E-state index in [0.29, 0.717) is 44.3 Å². The van der Waals surface area contributed by atoms with Crippen molar-refractivity contribution in [3.8, 4) is 5.75 Å². The number of esters is 1. The number of hydrogen-bond donors (Lipinski definition) is 0. The Bertz CT molecular complexity index is 1150. The van der Waals surface area contributed by atoms with Gasteiger partial charge in [0, 0.05) is 38.6 Å². The van der Waals surface area contributed by atoms with E-state index in [1.165, 1.54) is 5.56 Å². The highest BCUT2D eigenvalue weighted by atomic mass is 16.5. The highest BCUT2D eigenvalue weighted by molar-refractivity contribution is 5.91. The number of carbonyl (C=O) groups is 2. The quantitative estimate of drug-likeness (QED) is 0.467. The molecule has 8 heteroatoms. The normalized spacial score (nSPS) is 13.9. The first-order chi connectivity index (χ1) is 17.3. The summed E-state index contributed by atoms with van der Waals surface area (Å²) in [5.74, 6) is 0.717. The van der Waals surface area contributed by atoms with Crippen molar-refractivity contribution < 1.29 is 19.1 Å². The molecule has 0 atom stereocenters. The maximum absolute atomic E-state index is 12.5. The summed E-state index contributed by atoms with van der Waals surface area (Å²) >= 11 is 0. The summed E-state index contributed by atoms with van der Waals surface area (Å²) in [4.78, 5) is 37.1. The third-order valence-corrected chi connectivity index (χ3v) is 6.11. The smallest absolute Gasteiger partial charge is 0.338 e. The van der Waals surface area contributed by atoms with Crippen molar-refractivity contribution in [3.63, 3.8) is 0 Å². The number of anilines is 1. The Hall–Kier alpha value is -3.94. The number of carbonyl (C=O) groups excluding carboxylic acids is 2. The molecule has 1 fully saturated rings. The molecule has 188 valence electrons. The fraction of sp³-hybridized carbons (Fsp3) is 0.357. The van der Waals surface area contributed by atoms with E-state index >= 15 is 0 Å². The van der Waals surface area contributed by atoms with Gasteiger partial charge in [-0.15, -0.1) is 0 Å². The van der Waals surface area contributed by atoms with Crippen LogP contribution in [0.1, 0.15) is 42.3 Å². The van der Waals surface area contributed by atoms with Gasteiger partial charge < -0.3 is 19.3 Å². The van der Waals surface area contributed by atoms with Crippen LogP contribution in [0.2, 0.25) is 0 Å². The summed E-state index contributed by atoms with van der Waals surface area (Å²) < 4.78 is 11.1. The lowest BCUT2D eigenvalue weighted by Gasteiger charge is -2.34. The fourth-order valence-electron chi connectivity index (χ4n) is 3.87. The average Bonchev–Trinajstić information content (AvgIpc) is 2.91. The molecular weight excluding hydrogens is 456 g/mol. The molecule has 2 aromatic carbocycles. The van der Waals surface area contributed by atoms with Crippen LogP contribution in [0, 0.1) is 0 Å². The summed E-state index contributed by atoms with van der Waals surface area (Å²) in [6.07, 6.45) is 3.40. The number of ether oxygens (including phenoxy) is 2.